The predicted molar refractivity (Wildman–Crippen MR) is 159 cm³/mol. The van der Waals surface area contributed by atoms with Crippen molar-refractivity contribution in [2.24, 2.45) is 4.99 Å². The third kappa shape index (κ3) is 7.12. The van der Waals surface area contributed by atoms with Crippen molar-refractivity contribution in [1.29, 1.82) is 0 Å². The molecule has 0 aliphatic carbocycles. The van der Waals surface area contributed by atoms with Gasteiger partial charge in [0.1, 0.15) is 6.61 Å². The molecule has 3 aromatic carbocycles. The molecule has 1 saturated heterocycles. The predicted octanol–water partition coefficient (Wildman–Crippen LogP) is 7.98. The van der Waals surface area contributed by atoms with E-state index in [1.807, 2.05) is 54.6 Å². The van der Waals surface area contributed by atoms with E-state index in [0.717, 1.165) is 21.3 Å². The van der Waals surface area contributed by atoms with Crippen LogP contribution in [-0.4, -0.2) is 43.3 Å². The molecule has 1 aliphatic heterocycles. The minimum Gasteiger partial charge on any atom is -0.493 e. The topological polar surface area (TPSA) is 60.4 Å². The summed E-state index contributed by atoms with van der Waals surface area (Å²) in [6.07, 6.45) is 2.53. The smallest absolute Gasteiger partial charge is 0.266 e. The van der Waals surface area contributed by atoms with Gasteiger partial charge in [0.25, 0.3) is 5.91 Å². The van der Waals surface area contributed by atoms with Crippen LogP contribution in [0.15, 0.2) is 75.0 Å². The Labute approximate surface area is 244 Å². The summed E-state index contributed by atoms with van der Waals surface area (Å²) in [5, 5.41) is 1.59. The summed E-state index contributed by atoms with van der Waals surface area (Å²) in [6.45, 7) is 1.34. The third-order valence-electron chi connectivity index (χ3n) is 5.55. The van der Waals surface area contributed by atoms with Crippen LogP contribution in [0.3, 0.4) is 0 Å². The highest BCUT2D eigenvalue weighted by atomic mass is 79.9. The maximum Gasteiger partial charge on any atom is 0.266 e. The molecule has 0 spiro atoms. The van der Waals surface area contributed by atoms with Crippen LogP contribution in [0.5, 0.6) is 11.5 Å². The Hall–Kier alpha value is -2.49. The summed E-state index contributed by atoms with van der Waals surface area (Å²) in [4.78, 5) is 20.4. The number of hydrogen-bond donors (Lipinski definition) is 0. The van der Waals surface area contributed by atoms with Crippen LogP contribution in [0.1, 0.15) is 17.5 Å². The molecule has 0 N–H and O–H groups in total. The Morgan fingerprint density at radius 1 is 1.03 bits per heavy atom. The fraction of sp³-hybridized carbons (Fsp3) is 0.214. The number of nitrogens with zero attached hydrogens (tertiary/aromatic N) is 2. The summed E-state index contributed by atoms with van der Waals surface area (Å²) in [6, 6.07) is 18.6. The second-order valence-corrected chi connectivity index (χ2v) is 10.9. The Morgan fingerprint density at radius 3 is 2.53 bits per heavy atom. The molecule has 0 atom stereocenters. The van der Waals surface area contributed by atoms with E-state index in [0.29, 0.717) is 51.2 Å². The zero-order valence-electron chi connectivity index (χ0n) is 20.7. The highest BCUT2D eigenvalue weighted by Gasteiger charge is 2.33. The van der Waals surface area contributed by atoms with E-state index in [9.17, 15) is 4.79 Å². The van der Waals surface area contributed by atoms with Gasteiger partial charge in [0, 0.05) is 24.7 Å². The first kappa shape index (κ1) is 28.5. The van der Waals surface area contributed by atoms with Crippen LogP contribution in [0, 0.1) is 0 Å². The van der Waals surface area contributed by atoms with Crippen LogP contribution in [0.25, 0.3) is 6.08 Å². The van der Waals surface area contributed by atoms with Crippen molar-refractivity contribution in [2.75, 3.05) is 27.4 Å². The minimum atomic E-state index is -0.105. The molecule has 1 amide bonds. The average molecular weight is 636 g/mol. The molecular weight excluding hydrogens is 611 g/mol. The number of halogens is 3. The van der Waals surface area contributed by atoms with E-state index >= 15 is 0 Å². The molecule has 4 rings (SSSR count). The van der Waals surface area contributed by atoms with Gasteiger partial charge in [-0.1, -0.05) is 63.4 Å². The highest BCUT2D eigenvalue weighted by molar-refractivity contribution is 9.10. The van der Waals surface area contributed by atoms with Gasteiger partial charge in [0.2, 0.25) is 0 Å². The summed E-state index contributed by atoms with van der Waals surface area (Å²) in [5.41, 5.74) is 2.43. The van der Waals surface area contributed by atoms with Crippen LogP contribution >= 0.6 is 50.9 Å². The maximum absolute atomic E-state index is 13.4. The number of amidine groups is 1. The number of hydrogen-bond acceptors (Lipinski definition) is 6. The SMILES string of the molecule is COCCCN1C(=O)/C(=C/c2cc(OC)c(OCc3ccc(Cl)c(Cl)c3)cc2Br)SC1=Nc1ccccc1. The third-order valence-corrected chi connectivity index (χ3v) is 7.98. The zero-order valence-corrected chi connectivity index (χ0v) is 24.7. The normalized spacial score (nSPS) is 15.5. The monoisotopic (exact) mass is 634 g/mol. The van der Waals surface area contributed by atoms with Crippen LogP contribution in [0.2, 0.25) is 10.0 Å². The lowest BCUT2D eigenvalue weighted by atomic mass is 10.1. The summed E-state index contributed by atoms with van der Waals surface area (Å²) in [5.74, 6) is 0.975. The van der Waals surface area contributed by atoms with Gasteiger partial charge in [0.05, 0.1) is 27.7 Å². The van der Waals surface area contributed by atoms with E-state index in [1.165, 1.54) is 11.8 Å². The van der Waals surface area contributed by atoms with Gasteiger partial charge in [-0.15, -0.1) is 0 Å². The Balaban J connectivity index is 1.59. The second-order valence-electron chi connectivity index (χ2n) is 8.21. The number of amides is 1. The first-order chi connectivity index (χ1) is 18.4. The summed E-state index contributed by atoms with van der Waals surface area (Å²) < 4.78 is 17.5. The molecular formula is C28H25BrCl2N2O4S. The first-order valence-corrected chi connectivity index (χ1v) is 14.0. The molecule has 198 valence electrons. The summed E-state index contributed by atoms with van der Waals surface area (Å²) in [7, 11) is 3.22. The molecule has 3 aromatic rings. The van der Waals surface area contributed by atoms with Crippen molar-refractivity contribution in [3.63, 3.8) is 0 Å². The van der Waals surface area contributed by atoms with Gasteiger partial charge in [-0.2, -0.15) is 0 Å². The molecule has 0 radical (unpaired) electrons. The number of carbonyl (C=O) groups excluding carboxylic acids is 1. The van der Waals surface area contributed by atoms with E-state index in [1.54, 1.807) is 31.3 Å². The van der Waals surface area contributed by atoms with Gasteiger partial charge >= 0.3 is 0 Å². The molecule has 1 aliphatic rings. The number of benzene rings is 3. The highest BCUT2D eigenvalue weighted by Crippen LogP contribution is 2.39. The Bertz CT molecular complexity index is 1370. The number of aliphatic imine (C=N–C) groups is 1. The van der Waals surface area contributed by atoms with Crippen molar-refractivity contribution < 1.29 is 19.0 Å². The fourth-order valence-corrected chi connectivity index (χ4v) is 5.41. The van der Waals surface area contributed by atoms with Crippen molar-refractivity contribution in [3.8, 4) is 11.5 Å². The molecule has 6 nitrogen and oxygen atoms in total. The van der Waals surface area contributed by atoms with Gasteiger partial charge in [-0.25, -0.2) is 4.99 Å². The van der Waals surface area contributed by atoms with E-state index in [4.69, 9.17) is 42.4 Å². The van der Waals surface area contributed by atoms with E-state index < -0.39 is 0 Å². The van der Waals surface area contributed by atoms with Crippen LogP contribution in [0.4, 0.5) is 5.69 Å². The molecule has 1 heterocycles. The van der Waals surface area contributed by atoms with Crippen molar-refractivity contribution in [1.82, 2.24) is 4.90 Å². The number of ether oxygens (including phenoxy) is 3. The number of para-hydroxylation sites is 1. The van der Waals surface area contributed by atoms with Crippen molar-refractivity contribution in [3.05, 3.63) is 91.2 Å². The molecule has 0 aromatic heterocycles. The van der Waals surface area contributed by atoms with Crippen LogP contribution in [-0.2, 0) is 16.1 Å². The minimum absolute atomic E-state index is 0.105. The van der Waals surface area contributed by atoms with E-state index in [-0.39, 0.29) is 12.5 Å². The number of thioether (sulfide) groups is 1. The number of carbonyl (C=O) groups is 1. The molecule has 0 saturated carbocycles. The first-order valence-electron chi connectivity index (χ1n) is 11.7. The van der Waals surface area contributed by atoms with Gasteiger partial charge < -0.3 is 14.2 Å². The fourth-order valence-electron chi connectivity index (χ4n) is 3.63. The van der Waals surface area contributed by atoms with Gasteiger partial charge in [0.15, 0.2) is 16.7 Å². The number of methoxy groups -OCH3 is 2. The maximum atomic E-state index is 13.4. The lowest BCUT2D eigenvalue weighted by Gasteiger charge is -2.15. The zero-order chi connectivity index (χ0) is 27.1. The number of rotatable bonds is 10. The Morgan fingerprint density at radius 2 is 1.82 bits per heavy atom. The molecule has 1 fully saturated rings. The molecule has 10 heteroatoms. The molecule has 38 heavy (non-hydrogen) atoms. The van der Waals surface area contributed by atoms with Crippen LogP contribution < -0.4 is 9.47 Å². The van der Waals surface area contributed by atoms with Gasteiger partial charge in [-0.05, 0) is 71.8 Å². The van der Waals surface area contributed by atoms with E-state index in [2.05, 4.69) is 15.9 Å². The lowest BCUT2D eigenvalue weighted by molar-refractivity contribution is -0.122. The van der Waals surface area contributed by atoms with Crippen molar-refractivity contribution >= 4 is 73.7 Å². The summed E-state index contributed by atoms with van der Waals surface area (Å²) >= 11 is 17.1. The standard InChI is InChI=1S/C28H25BrCl2N2O4S/c1-35-12-6-11-33-27(34)26(38-28(33)32-20-7-4-3-5-8-20)15-19-14-24(36-2)25(16-21(19)29)37-17-18-9-10-22(30)23(31)13-18/h3-5,7-10,13-16H,6,11-12,17H2,1-2H3/b26-15-,32-28?. The Kier molecular flexibility index (Phi) is 10.2. The molecule has 0 bridgehead atoms. The largest absolute Gasteiger partial charge is 0.493 e. The quantitative estimate of drug-likeness (QED) is 0.167. The molecule has 0 unspecified atom stereocenters. The van der Waals surface area contributed by atoms with Gasteiger partial charge in [-0.3, -0.25) is 9.69 Å². The second kappa shape index (κ2) is 13.5. The lowest BCUT2D eigenvalue weighted by Crippen LogP contribution is -2.30. The average Bonchev–Trinajstić information content (AvgIpc) is 3.20. The van der Waals surface area contributed by atoms with Crippen molar-refractivity contribution in [2.45, 2.75) is 13.0 Å².